The van der Waals surface area contributed by atoms with Crippen LogP contribution in [0.15, 0.2) is 84.9 Å². The van der Waals surface area contributed by atoms with Crippen LogP contribution in [0.4, 0.5) is 0 Å². The van der Waals surface area contributed by atoms with Gasteiger partial charge in [-0.15, -0.1) is 0 Å². The first-order valence-corrected chi connectivity index (χ1v) is 10.1. The van der Waals surface area contributed by atoms with Crippen molar-refractivity contribution in [3.63, 3.8) is 0 Å². The lowest BCUT2D eigenvalue weighted by atomic mass is 9.99. The normalized spacial score (nSPS) is 16.8. The minimum atomic E-state index is -0.407. The van der Waals surface area contributed by atoms with E-state index in [1.54, 1.807) is 4.90 Å². The van der Waals surface area contributed by atoms with Gasteiger partial charge in [-0.25, -0.2) is 0 Å². The number of likely N-dealkylation sites (tertiary alicyclic amines) is 1. The minimum Gasteiger partial charge on any atom is -0.489 e. The average Bonchev–Trinajstić information content (AvgIpc) is 2.81. The molecular weight excluding hydrogens is 376 g/mol. The smallest absolute Gasteiger partial charge is 0.241 e. The second-order valence-electron chi connectivity index (χ2n) is 7.46. The fourth-order valence-electron chi connectivity index (χ4n) is 3.52. The summed E-state index contributed by atoms with van der Waals surface area (Å²) in [7, 11) is 0. The molecule has 1 heterocycles. The third kappa shape index (κ3) is 4.87. The monoisotopic (exact) mass is 402 g/mol. The fourth-order valence-corrected chi connectivity index (χ4v) is 3.52. The quantitative estimate of drug-likeness (QED) is 0.555. The van der Waals surface area contributed by atoms with Gasteiger partial charge in [-0.1, -0.05) is 72.8 Å². The van der Waals surface area contributed by atoms with E-state index in [-0.39, 0.29) is 11.9 Å². The van der Waals surface area contributed by atoms with E-state index in [1.807, 2.05) is 84.9 Å². The van der Waals surface area contributed by atoms with Crippen molar-refractivity contribution >= 4 is 5.91 Å². The van der Waals surface area contributed by atoms with Gasteiger partial charge in [0.05, 0.1) is 19.3 Å². The Bertz CT molecular complexity index is 945. The summed E-state index contributed by atoms with van der Waals surface area (Å²) in [6.07, 6.45) is 0. The standard InChI is InChI=1S/C25H26N2O3/c26-23-15-27(25(23)28)24(18-29-16-19-7-3-1-4-8-19)21-11-13-22(14-12-21)30-17-20-9-5-2-6-10-20/h1-14,23-24H,15-18,26H2/t23-,24+/m1/s1. The summed E-state index contributed by atoms with van der Waals surface area (Å²) in [6.45, 7) is 1.98. The molecule has 5 nitrogen and oxygen atoms in total. The van der Waals surface area contributed by atoms with Crippen molar-refractivity contribution in [1.29, 1.82) is 0 Å². The number of hydrogen-bond acceptors (Lipinski definition) is 4. The fraction of sp³-hybridized carbons (Fsp3) is 0.240. The Balaban J connectivity index is 1.40. The molecule has 0 saturated carbocycles. The lowest BCUT2D eigenvalue weighted by molar-refractivity contribution is -0.148. The number of amides is 1. The Kier molecular flexibility index (Phi) is 6.42. The lowest BCUT2D eigenvalue weighted by Crippen LogP contribution is -2.62. The Hall–Kier alpha value is -3.15. The molecule has 1 aliphatic rings. The number of rotatable bonds is 9. The highest BCUT2D eigenvalue weighted by molar-refractivity contribution is 5.88. The Morgan fingerprint density at radius 2 is 1.47 bits per heavy atom. The predicted octanol–water partition coefficient (Wildman–Crippen LogP) is 3.69. The van der Waals surface area contributed by atoms with Gasteiger partial charge in [0.1, 0.15) is 18.4 Å². The Morgan fingerprint density at radius 3 is 2.03 bits per heavy atom. The Labute approximate surface area is 177 Å². The predicted molar refractivity (Wildman–Crippen MR) is 116 cm³/mol. The van der Waals surface area contributed by atoms with E-state index < -0.39 is 6.04 Å². The second-order valence-corrected chi connectivity index (χ2v) is 7.46. The van der Waals surface area contributed by atoms with Crippen LogP contribution in [0.3, 0.4) is 0 Å². The van der Waals surface area contributed by atoms with Crippen LogP contribution >= 0.6 is 0 Å². The number of hydrogen-bond donors (Lipinski definition) is 1. The SMILES string of the molecule is N[C@@H]1CN([C@@H](COCc2ccccc2)c2ccc(OCc3ccccc3)cc2)C1=O. The van der Waals surface area contributed by atoms with E-state index in [2.05, 4.69) is 0 Å². The van der Waals surface area contributed by atoms with Crippen molar-refractivity contribution in [3.8, 4) is 5.75 Å². The van der Waals surface area contributed by atoms with Crippen molar-refractivity contribution in [1.82, 2.24) is 4.90 Å². The van der Waals surface area contributed by atoms with Crippen molar-refractivity contribution in [2.45, 2.75) is 25.3 Å². The van der Waals surface area contributed by atoms with Crippen molar-refractivity contribution < 1.29 is 14.3 Å². The average molecular weight is 402 g/mol. The maximum Gasteiger partial charge on any atom is 0.241 e. The molecule has 0 radical (unpaired) electrons. The molecule has 4 rings (SSSR count). The maximum absolute atomic E-state index is 12.3. The molecule has 1 aliphatic heterocycles. The molecule has 154 valence electrons. The summed E-state index contributed by atoms with van der Waals surface area (Å²) in [6, 6.07) is 27.4. The largest absolute Gasteiger partial charge is 0.489 e. The molecule has 5 heteroatoms. The third-order valence-corrected chi connectivity index (χ3v) is 5.27. The van der Waals surface area contributed by atoms with Gasteiger partial charge in [0.15, 0.2) is 0 Å². The molecule has 0 unspecified atom stereocenters. The van der Waals surface area contributed by atoms with E-state index in [4.69, 9.17) is 15.2 Å². The molecule has 1 saturated heterocycles. The van der Waals surface area contributed by atoms with Gasteiger partial charge < -0.3 is 20.1 Å². The van der Waals surface area contributed by atoms with Gasteiger partial charge in [-0.3, -0.25) is 4.79 Å². The summed E-state index contributed by atoms with van der Waals surface area (Å²) in [5.74, 6) is 0.755. The van der Waals surface area contributed by atoms with Gasteiger partial charge in [-0.05, 0) is 28.8 Å². The molecule has 2 N–H and O–H groups in total. The number of nitrogens with zero attached hydrogens (tertiary/aromatic N) is 1. The molecule has 3 aromatic carbocycles. The van der Waals surface area contributed by atoms with Gasteiger partial charge >= 0.3 is 0 Å². The summed E-state index contributed by atoms with van der Waals surface area (Å²) in [5.41, 5.74) is 9.05. The molecule has 3 aromatic rings. The van der Waals surface area contributed by atoms with E-state index in [0.717, 1.165) is 22.4 Å². The second kappa shape index (κ2) is 9.57. The van der Waals surface area contributed by atoms with Crippen LogP contribution < -0.4 is 10.5 Å². The molecule has 1 fully saturated rings. The zero-order valence-corrected chi connectivity index (χ0v) is 16.8. The van der Waals surface area contributed by atoms with Crippen molar-refractivity contribution in [2.24, 2.45) is 5.73 Å². The maximum atomic E-state index is 12.3. The highest BCUT2D eigenvalue weighted by Gasteiger charge is 2.39. The summed E-state index contributed by atoms with van der Waals surface area (Å²) in [5, 5.41) is 0. The van der Waals surface area contributed by atoms with Gasteiger partial charge in [0.2, 0.25) is 5.91 Å². The van der Waals surface area contributed by atoms with E-state index in [1.165, 1.54) is 0 Å². The number of ether oxygens (including phenoxy) is 2. The molecule has 0 aromatic heterocycles. The first-order valence-electron chi connectivity index (χ1n) is 10.1. The molecule has 0 spiro atoms. The molecule has 0 bridgehead atoms. The van der Waals surface area contributed by atoms with E-state index in [0.29, 0.717) is 26.4 Å². The number of carbonyl (C=O) groups is 1. The zero-order chi connectivity index (χ0) is 20.8. The minimum absolute atomic E-state index is 0.0345. The third-order valence-electron chi connectivity index (χ3n) is 5.27. The van der Waals surface area contributed by atoms with Gasteiger partial charge in [0.25, 0.3) is 0 Å². The summed E-state index contributed by atoms with van der Waals surface area (Å²) in [4.78, 5) is 14.0. The lowest BCUT2D eigenvalue weighted by Gasteiger charge is -2.42. The molecule has 0 aliphatic carbocycles. The van der Waals surface area contributed by atoms with Crippen LogP contribution in [0.25, 0.3) is 0 Å². The highest BCUT2D eigenvalue weighted by Crippen LogP contribution is 2.28. The molecule has 2 atom stereocenters. The van der Waals surface area contributed by atoms with E-state index in [9.17, 15) is 4.79 Å². The van der Waals surface area contributed by atoms with Crippen LogP contribution in [0.2, 0.25) is 0 Å². The van der Waals surface area contributed by atoms with Gasteiger partial charge in [-0.2, -0.15) is 0 Å². The van der Waals surface area contributed by atoms with Crippen LogP contribution in [0.1, 0.15) is 22.7 Å². The molecular formula is C25H26N2O3. The summed E-state index contributed by atoms with van der Waals surface area (Å²) >= 11 is 0. The van der Waals surface area contributed by atoms with Crippen LogP contribution in [-0.4, -0.2) is 30.0 Å². The number of benzene rings is 3. The van der Waals surface area contributed by atoms with Crippen molar-refractivity contribution in [3.05, 3.63) is 102 Å². The number of carbonyl (C=O) groups excluding carboxylic acids is 1. The molecule has 1 amide bonds. The molecule has 30 heavy (non-hydrogen) atoms. The van der Waals surface area contributed by atoms with Crippen LogP contribution in [-0.2, 0) is 22.7 Å². The highest BCUT2D eigenvalue weighted by atomic mass is 16.5. The first-order chi connectivity index (χ1) is 14.7. The summed E-state index contributed by atoms with van der Waals surface area (Å²) < 4.78 is 11.8. The number of nitrogens with two attached hydrogens (primary N) is 1. The zero-order valence-electron chi connectivity index (χ0n) is 16.8. The topological polar surface area (TPSA) is 64.8 Å². The van der Waals surface area contributed by atoms with Gasteiger partial charge in [0, 0.05) is 6.54 Å². The van der Waals surface area contributed by atoms with Crippen molar-refractivity contribution in [2.75, 3.05) is 13.2 Å². The van der Waals surface area contributed by atoms with Crippen LogP contribution in [0.5, 0.6) is 5.75 Å². The first kappa shape index (κ1) is 20.1. The van der Waals surface area contributed by atoms with Crippen LogP contribution in [0, 0.1) is 0 Å². The Morgan fingerprint density at radius 1 is 0.867 bits per heavy atom. The number of β-lactam (4-membered cyclic amide) rings is 1. The van der Waals surface area contributed by atoms with E-state index >= 15 is 0 Å².